The van der Waals surface area contributed by atoms with Gasteiger partial charge < -0.3 is 5.32 Å². The molecule has 1 aliphatic heterocycles. The number of nitrogens with one attached hydrogen (secondary N) is 1. The average Bonchev–Trinajstić information content (AvgIpc) is 2.48. The van der Waals surface area contributed by atoms with E-state index in [0.29, 0.717) is 12.1 Å². The van der Waals surface area contributed by atoms with Gasteiger partial charge in [-0.3, -0.25) is 9.88 Å². The summed E-state index contributed by atoms with van der Waals surface area (Å²) in [6.45, 7) is 7.74. The smallest absolute Gasteiger partial charge is 0.0746 e. The number of nitrogens with zero attached hydrogens (tertiary/aromatic N) is 2. The van der Waals surface area contributed by atoms with E-state index in [9.17, 15) is 0 Å². The van der Waals surface area contributed by atoms with Crippen LogP contribution >= 0.6 is 0 Å². The lowest BCUT2D eigenvalue weighted by Gasteiger charge is -2.39. The van der Waals surface area contributed by atoms with Crippen molar-refractivity contribution in [3.8, 4) is 0 Å². The van der Waals surface area contributed by atoms with Crippen LogP contribution in [-0.4, -0.2) is 35.1 Å². The average molecular weight is 269 g/mol. The zero-order valence-corrected chi connectivity index (χ0v) is 12.3. The Morgan fingerprint density at radius 2 is 2.15 bits per heavy atom. The highest BCUT2D eigenvalue weighted by Gasteiger charge is 2.24. The number of piperazine rings is 1. The molecule has 1 aliphatic rings. The molecule has 106 valence electrons. The van der Waals surface area contributed by atoms with E-state index in [1.165, 1.54) is 17.4 Å². The van der Waals surface area contributed by atoms with Gasteiger partial charge in [0, 0.05) is 43.3 Å². The lowest BCUT2D eigenvalue weighted by Crippen LogP contribution is -2.54. The summed E-state index contributed by atoms with van der Waals surface area (Å²) in [4.78, 5) is 7.18. The Balaban J connectivity index is 1.88. The van der Waals surface area contributed by atoms with Crippen molar-refractivity contribution in [2.24, 2.45) is 0 Å². The van der Waals surface area contributed by atoms with Crippen LogP contribution in [0.3, 0.4) is 0 Å². The molecular weight excluding hydrogens is 246 g/mol. The van der Waals surface area contributed by atoms with Crippen molar-refractivity contribution in [2.75, 3.05) is 13.1 Å². The topological polar surface area (TPSA) is 28.2 Å². The summed E-state index contributed by atoms with van der Waals surface area (Å²) >= 11 is 0. The van der Waals surface area contributed by atoms with Crippen LogP contribution in [0.15, 0.2) is 36.5 Å². The second-order valence-electron chi connectivity index (χ2n) is 5.79. The first kappa shape index (κ1) is 13.5. The van der Waals surface area contributed by atoms with Crippen molar-refractivity contribution < 1.29 is 0 Å². The molecule has 2 aromatic rings. The third kappa shape index (κ3) is 2.69. The molecular formula is C17H23N3. The maximum Gasteiger partial charge on any atom is 0.0746 e. The number of pyridine rings is 1. The third-order valence-corrected chi connectivity index (χ3v) is 4.29. The highest BCUT2D eigenvalue weighted by Crippen LogP contribution is 2.20. The van der Waals surface area contributed by atoms with Crippen LogP contribution in [-0.2, 0) is 6.54 Å². The van der Waals surface area contributed by atoms with Gasteiger partial charge in [-0.1, -0.05) is 31.2 Å². The highest BCUT2D eigenvalue weighted by atomic mass is 15.2. The second-order valence-corrected chi connectivity index (χ2v) is 5.79. The summed E-state index contributed by atoms with van der Waals surface area (Å²) in [6.07, 6.45) is 3.08. The zero-order chi connectivity index (χ0) is 13.9. The first-order valence-electron chi connectivity index (χ1n) is 7.58. The van der Waals surface area contributed by atoms with Gasteiger partial charge >= 0.3 is 0 Å². The number of para-hydroxylation sites is 1. The Morgan fingerprint density at radius 3 is 3.00 bits per heavy atom. The van der Waals surface area contributed by atoms with Crippen LogP contribution < -0.4 is 5.32 Å². The van der Waals surface area contributed by atoms with Crippen LogP contribution in [0.2, 0.25) is 0 Å². The normalized spacial score (nSPS) is 24.1. The van der Waals surface area contributed by atoms with Crippen LogP contribution in [0.5, 0.6) is 0 Å². The second kappa shape index (κ2) is 5.90. The van der Waals surface area contributed by atoms with Crippen molar-refractivity contribution in [1.29, 1.82) is 0 Å². The van der Waals surface area contributed by atoms with Crippen LogP contribution in [0.4, 0.5) is 0 Å². The summed E-state index contributed by atoms with van der Waals surface area (Å²) in [5.41, 5.74) is 2.49. The largest absolute Gasteiger partial charge is 0.311 e. The molecule has 2 atom stereocenters. The third-order valence-electron chi connectivity index (χ3n) is 4.29. The lowest BCUT2D eigenvalue weighted by atomic mass is 10.0. The first-order chi connectivity index (χ1) is 9.78. The monoisotopic (exact) mass is 269 g/mol. The summed E-state index contributed by atoms with van der Waals surface area (Å²) in [6, 6.07) is 11.9. The van der Waals surface area contributed by atoms with Crippen LogP contribution in [0.25, 0.3) is 10.9 Å². The van der Waals surface area contributed by atoms with E-state index in [0.717, 1.165) is 25.2 Å². The molecule has 3 heteroatoms. The predicted molar refractivity (Wildman–Crippen MR) is 83.7 cm³/mol. The molecule has 0 amide bonds. The number of hydrogen-bond acceptors (Lipinski definition) is 3. The van der Waals surface area contributed by atoms with E-state index >= 15 is 0 Å². The number of hydrogen-bond donors (Lipinski definition) is 1. The van der Waals surface area contributed by atoms with E-state index in [-0.39, 0.29) is 0 Å². The van der Waals surface area contributed by atoms with Gasteiger partial charge in [0.25, 0.3) is 0 Å². The summed E-state index contributed by atoms with van der Waals surface area (Å²) < 4.78 is 0. The van der Waals surface area contributed by atoms with Crippen molar-refractivity contribution in [2.45, 2.75) is 38.9 Å². The van der Waals surface area contributed by atoms with Crippen molar-refractivity contribution >= 4 is 10.9 Å². The number of rotatable bonds is 3. The van der Waals surface area contributed by atoms with Gasteiger partial charge in [-0.2, -0.15) is 0 Å². The van der Waals surface area contributed by atoms with E-state index in [2.05, 4.69) is 53.3 Å². The van der Waals surface area contributed by atoms with E-state index in [1.807, 2.05) is 12.3 Å². The standard InChI is InChI=1S/C17H23N3/c1-3-16-10-19-13(2)11-20(16)12-15-7-4-6-14-8-5-9-18-17(14)15/h4-9,13,16,19H,3,10-12H2,1-2H3. The maximum atomic E-state index is 4.57. The van der Waals surface area contributed by atoms with E-state index in [4.69, 9.17) is 0 Å². The quantitative estimate of drug-likeness (QED) is 0.928. The minimum absolute atomic E-state index is 0.570. The molecule has 2 unspecified atom stereocenters. The van der Waals surface area contributed by atoms with Crippen molar-refractivity contribution in [3.63, 3.8) is 0 Å². The molecule has 3 rings (SSSR count). The molecule has 0 saturated carbocycles. The number of fused-ring (bicyclic) bond motifs is 1. The molecule has 0 radical (unpaired) electrons. The fraction of sp³-hybridized carbons (Fsp3) is 0.471. The Labute approximate surface area is 121 Å². The van der Waals surface area contributed by atoms with Crippen molar-refractivity contribution in [3.05, 3.63) is 42.1 Å². The van der Waals surface area contributed by atoms with Gasteiger partial charge in [0.2, 0.25) is 0 Å². The van der Waals surface area contributed by atoms with Crippen LogP contribution in [0, 0.1) is 0 Å². The fourth-order valence-electron chi connectivity index (χ4n) is 3.14. The minimum atomic E-state index is 0.570. The Kier molecular flexibility index (Phi) is 3.99. The SMILES string of the molecule is CCC1CNC(C)CN1Cc1cccc2cccnc12. The zero-order valence-electron chi connectivity index (χ0n) is 12.3. The molecule has 1 fully saturated rings. The highest BCUT2D eigenvalue weighted by molar-refractivity contribution is 5.81. The number of aromatic nitrogens is 1. The Bertz CT molecular complexity index is 576. The lowest BCUT2D eigenvalue weighted by molar-refractivity contribution is 0.124. The van der Waals surface area contributed by atoms with Gasteiger partial charge in [0.15, 0.2) is 0 Å². The Morgan fingerprint density at radius 1 is 1.30 bits per heavy atom. The molecule has 1 saturated heterocycles. The molecule has 2 heterocycles. The fourth-order valence-corrected chi connectivity index (χ4v) is 3.14. The summed E-state index contributed by atoms with van der Waals surface area (Å²) in [7, 11) is 0. The molecule has 1 N–H and O–H groups in total. The maximum absolute atomic E-state index is 4.57. The Hall–Kier alpha value is -1.45. The predicted octanol–water partition coefficient (Wildman–Crippen LogP) is 2.81. The molecule has 0 bridgehead atoms. The minimum Gasteiger partial charge on any atom is -0.311 e. The van der Waals surface area contributed by atoms with Gasteiger partial charge in [0.05, 0.1) is 5.52 Å². The van der Waals surface area contributed by atoms with E-state index < -0.39 is 0 Å². The molecule has 1 aromatic carbocycles. The van der Waals surface area contributed by atoms with Crippen LogP contribution in [0.1, 0.15) is 25.8 Å². The summed E-state index contributed by atoms with van der Waals surface area (Å²) in [5, 5.41) is 4.82. The number of benzene rings is 1. The molecule has 20 heavy (non-hydrogen) atoms. The molecule has 0 aliphatic carbocycles. The van der Waals surface area contributed by atoms with Gasteiger partial charge in [0.1, 0.15) is 0 Å². The molecule has 1 aromatic heterocycles. The van der Waals surface area contributed by atoms with Crippen molar-refractivity contribution in [1.82, 2.24) is 15.2 Å². The molecule has 3 nitrogen and oxygen atoms in total. The van der Waals surface area contributed by atoms with Gasteiger partial charge in [-0.25, -0.2) is 0 Å². The van der Waals surface area contributed by atoms with Gasteiger partial charge in [-0.05, 0) is 25.0 Å². The van der Waals surface area contributed by atoms with Gasteiger partial charge in [-0.15, -0.1) is 0 Å². The molecule has 0 spiro atoms. The first-order valence-corrected chi connectivity index (χ1v) is 7.58. The van der Waals surface area contributed by atoms with E-state index in [1.54, 1.807) is 0 Å². The summed E-state index contributed by atoms with van der Waals surface area (Å²) in [5.74, 6) is 0.